The van der Waals surface area contributed by atoms with Crippen LogP contribution >= 0.6 is 11.3 Å². The number of carbonyl (C=O) groups excluding carboxylic acids is 2. The zero-order valence-corrected chi connectivity index (χ0v) is 14.6. The Kier molecular flexibility index (Phi) is 5.67. The molecule has 3 N–H and O–H groups in total. The first-order valence-corrected chi connectivity index (χ1v) is 9.13. The topological polar surface area (TPSA) is 81.7 Å². The molecule has 0 aliphatic carbocycles. The number of aliphatic hydroxyl groups is 1. The predicted molar refractivity (Wildman–Crippen MR) is 97.7 cm³/mol. The normalized spacial score (nSPS) is 14.0. The number of para-hydroxylation sites is 1. The molecule has 25 heavy (non-hydrogen) atoms. The van der Waals surface area contributed by atoms with Gasteiger partial charge in [-0.15, -0.1) is 11.3 Å². The van der Waals surface area contributed by atoms with Crippen LogP contribution in [0.1, 0.15) is 16.5 Å². The summed E-state index contributed by atoms with van der Waals surface area (Å²) in [6.07, 6.45) is 0.975. The number of nitrogens with zero attached hydrogens (tertiary/aromatic N) is 1. The summed E-state index contributed by atoms with van der Waals surface area (Å²) in [7, 11) is 0. The summed E-state index contributed by atoms with van der Waals surface area (Å²) in [6, 6.07) is 12.3. The molecule has 1 aliphatic rings. The molecule has 0 saturated heterocycles. The van der Waals surface area contributed by atoms with Crippen molar-refractivity contribution in [1.82, 2.24) is 10.6 Å². The van der Waals surface area contributed by atoms with Gasteiger partial charge < -0.3 is 20.6 Å². The SMILES string of the molecule is O=C(NCCO)C(=O)NC[C@H](c1cccs1)N1CCc2ccccc21. The van der Waals surface area contributed by atoms with E-state index < -0.39 is 11.8 Å². The van der Waals surface area contributed by atoms with Crippen LogP contribution in [0, 0.1) is 0 Å². The lowest BCUT2D eigenvalue weighted by molar-refractivity contribution is -0.139. The van der Waals surface area contributed by atoms with E-state index in [1.165, 1.54) is 11.3 Å². The van der Waals surface area contributed by atoms with Gasteiger partial charge in [0, 0.05) is 30.2 Å². The lowest BCUT2D eigenvalue weighted by atomic mass is 10.1. The summed E-state index contributed by atoms with van der Waals surface area (Å²) < 4.78 is 0. The summed E-state index contributed by atoms with van der Waals surface area (Å²) in [4.78, 5) is 27.1. The van der Waals surface area contributed by atoms with Crippen molar-refractivity contribution in [3.05, 3.63) is 52.2 Å². The Morgan fingerprint density at radius 2 is 1.96 bits per heavy atom. The van der Waals surface area contributed by atoms with Gasteiger partial charge in [-0.25, -0.2) is 0 Å². The molecule has 0 unspecified atom stereocenters. The first-order chi connectivity index (χ1) is 12.2. The van der Waals surface area contributed by atoms with Crippen molar-refractivity contribution in [1.29, 1.82) is 0 Å². The minimum Gasteiger partial charge on any atom is -0.395 e. The van der Waals surface area contributed by atoms with Gasteiger partial charge in [0.05, 0.1) is 12.6 Å². The maximum atomic E-state index is 12.0. The van der Waals surface area contributed by atoms with Gasteiger partial charge in [-0.2, -0.15) is 0 Å². The molecule has 2 heterocycles. The Hall–Kier alpha value is -2.38. The second-order valence-corrected chi connectivity index (χ2v) is 6.77. The molecule has 1 aromatic carbocycles. The number of carbonyl (C=O) groups is 2. The molecule has 0 bridgehead atoms. The summed E-state index contributed by atoms with van der Waals surface area (Å²) in [5.74, 6) is -1.40. The highest BCUT2D eigenvalue weighted by Gasteiger charge is 2.28. The average molecular weight is 359 g/mol. The molecule has 0 fully saturated rings. The van der Waals surface area contributed by atoms with Crippen molar-refractivity contribution >= 4 is 28.8 Å². The van der Waals surface area contributed by atoms with E-state index in [0.29, 0.717) is 6.54 Å². The predicted octanol–water partition coefficient (Wildman–Crippen LogP) is 1.08. The number of fused-ring (bicyclic) bond motifs is 1. The number of nitrogens with one attached hydrogen (secondary N) is 2. The van der Waals surface area contributed by atoms with Crippen molar-refractivity contribution in [3.63, 3.8) is 0 Å². The van der Waals surface area contributed by atoms with Crippen LogP contribution in [-0.4, -0.2) is 43.2 Å². The lowest BCUT2D eigenvalue weighted by Crippen LogP contribution is -2.44. The van der Waals surface area contributed by atoms with Crippen molar-refractivity contribution < 1.29 is 14.7 Å². The minimum absolute atomic E-state index is 0.0155. The zero-order valence-electron chi connectivity index (χ0n) is 13.8. The number of rotatable bonds is 6. The highest BCUT2D eigenvalue weighted by atomic mass is 32.1. The van der Waals surface area contributed by atoms with E-state index in [9.17, 15) is 9.59 Å². The molecule has 0 saturated carbocycles. The summed E-state index contributed by atoms with van der Waals surface area (Å²) >= 11 is 1.64. The molecule has 2 aromatic rings. The third-order valence-corrected chi connectivity index (χ3v) is 5.20. The lowest BCUT2D eigenvalue weighted by Gasteiger charge is -2.30. The Morgan fingerprint density at radius 1 is 1.16 bits per heavy atom. The van der Waals surface area contributed by atoms with Crippen LogP contribution in [0.3, 0.4) is 0 Å². The van der Waals surface area contributed by atoms with Crippen LogP contribution in [0.4, 0.5) is 5.69 Å². The summed E-state index contributed by atoms with van der Waals surface area (Å²) in [5, 5.41) is 15.8. The van der Waals surface area contributed by atoms with Gasteiger partial charge in [0.1, 0.15) is 0 Å². The molecular weight excluding hydrogens is 338 g/mol. The highest BCUT2D eigenvalue weighted by Crippen LogP contribution is 2.36. The maximum absolute atomic E-state index is 12.0. The number of benzene rings is 1. The van der Waals surface area contributed by atoms with E-state index in [2.05, 4.69) is 27.7 Å². The van der Waals surface area contributed by atoms with Crippen LogP contribution in [-0.2, 0) is 16.0 Å². The van der Waals surface area contributed by atoms with Crippen molar-refractivity contribution in [2.24, 2.45) is 0 Å². The molecule has 7 heteroatoms. The zero-order chi connectivity index (χ0) is 17.6. The van der Waals surface area contributed by atoms with Crippen molar-refractivity contribution in [3.8, 4) is 0 Å². The van der Waals surface area contributed by atoms with Crippen LogP contribution in [0.2, 0.25) is 0 Å². The fourth-order valence-electron chi connectivity index (χ4n) is 3.05. The van der Waals surface area contributed by atoms with E-state index in [1.807, 2.05) is 29.6 Å². The molecule has 0 spiro atoms. The Balaban J connectivity index is 1.72. The molecule has 1 atom stereocenters. The van der Waals surface area contributed by atoms with Gasteiger partial charge in [0.15, 0.2) is 0 Å². The number of anilines is 1. The van der Waals surface area contributed by atoms with E-state index >= 15 is 0 Å². The van der Waals surface area contributed by atoms with Crippen LogP contribution in [0.5, 0.6) is 0 Å². The quantitative estimate of drug-likeness (QED) is 0.674. The molecule has 1 aliphatic heterocycles. The van der Waals surface area contributed by atoms with Gasteiger partial charge >= 0.3 is 11.8 Å². The fourth-order valence-corrected chi connectivity index (χ4v) is 3.89. The van der Waals surface area contributed by atoms with E-state index in [-0.39, 0.29) is 19.2 Å². The highest BCUT2D eigenvalue weighted by molar-refractivity contribution is 7.10. The fraction of sp³-hybridized carbons (Fsp3) is 0.333. The van der Waals surface area contributed by atoms with Crippen molar-refractivity contribution in [2.75, 3.05) is 31.1 Å². The van der Waals surface area contributed by atoms with Gasteiger partial charge in [-0.3, -0.25) is 9.59 Å². The molecule has 132 valence electrons. The Bertz CT molecular complexity index is 733. The number of amides is 2. The average Bonchev–Trinajstić information content (AvgIpc) is 3.30. The number of aliphatic hydroxyl groups excluding tert-OH is 1. The Morgan fingerprint density at radius 3 is 2.72 bits per heavy atom. The monoisotopic (exact) mass is 359 g/mol. The van der Waals surface area contributed by atoms with Crippen LogP contribution in [0.25, 0.3) is 0 Å². The smallest absolute Gasteiger partial charge is 0.309 e. The van der Waals surface area contributed by atoms with Gasteiger partial charge in [-0.05, 0) is 29.5 Å². The van der Waals surface area contributed by atoms with Gasteiger partial charge in [0.2, 0.25) is 0 Å². The van der Waals surface area contributed by atoms with E-state index in [0.717, 1.165) is 17.8 Å². The second kappa shape index (κ2) is 8.13. The van der Waals surface area contributed by atoms with E-state index in [4.69, 9.17) is 5.11 Å². The van der Waals surface area contributed by atoms with Crippen molar-refractivity contribution in [2.45, 2.75) is 12.5 Å². The first kappa shape index (κ1) is 17.4. The molecule has 2 amide bonds. The number of thiophene rings is 1. The third-order valence-electron chi connectivity index (χ3n) is 4.23. The standard InChI is InChI=1S/C18H21N3O3S/c22-10-8-19-17(23)18(24)20-12-15(16-6-3-11-25-16)21-9-7-13-4-1-2-5-14(13)21/h1-6,11,15,22H,7-10,12H2,(H,19,23)(H,20,24)/t15-/m1/s1. The largest absolute Gasteiger partial charge is 0.395 e. The van der Waals surface area contributed by atoms with Crippen LogP contribution < -0.4 is 15.5 Å². The summed E-state index contributed by atoms with van der Waals surface area (Å²) in [5.41, 5.74) is 2.48. The molecule has 6 nitrogen and oxygen atoms in total. The molecular formula is C18H21N3O3S. The van der Waals surface area contributed by atoms with Gasteiger partial charge in [0.25, 0.3) is 0 Å². The van der Waals surface area contributed by atoms with Gasteiger partial charge in [-0.1, -0.05) is 24.3 Å². The van der Waals surface area contributed by atoms with Crippen LogP contribution in [0.15, 0.2) is 41.8 Å². The number of hydrogen-bond acceptors (Lipinski definition) is 5. The minimum atomic E-state index is -0.721. The Labute approximate surface area is 150 Å². The summed E-state index contributed by atoms with van der Waals surface area (Å²) in [6.45, 7) is 1.11. The molecule has 0 radical (unpaired) electrons. The molecule has 3 rings (SSSR count). The molecule has 1 aromatic heterocycles. The maximum Gasteiger partial charge on any atom is 0.309 e. The third kappa shape index (κ3) is 4.00. The second-order valence-electron chi connectivity index (χ2n) is 5.79. The first-order valence-electron chi connectivity index (χ1n) is 8.25. The number of hydrogen-bond donors (Lipinski definition) is 3. The van der Waals surface area contributed by atoms with E-state index in [1.54, 1.807) is 11.3 Å².